The molecule has 0 heterocycles. The predicted octanol–water partition coefficient (Wildman–Crippen LogP) is 3.03. The van der Waals surface area contributed by atoms with Crippen LogP contribution in [0.3, 0.4) is 0 Å². The van der Waals surface area contributed by atoms with Gasteiger partial charge in [-0.3, -0.25) is 0 Å². The van der Waals surface area contributed by atoms with E-state index < -0.39 is 18.2 Å². The number of aliphatic hydroxyl groups excluding tert-OH is 1. The summed E-state index contributed by atoms with van der Waals surface area (Å²) in [6.07, 6.45) is -0.525. The van der Waals surface area contributed by atoms with Crippen molar-refractivity contribution in [3.8, 4) is 0 Å². The van der Waals surface area contributed by atoms with Gasteiger partial charge in [0, 0.05) is 12.1 Å². The highest BCUT2D eigenvalue weighted by molar-refractivity contribution is 5.65. The van der Waals surface area contributed by atoms with Crippen LogP contribution in [0.4, 0.5) is 4.79 Å². The zero-order chi connectivity index (χ0) is 18.4. The molecular weight excluding hydrogens is 304 g/mol. The first-order valence-corrected chi connectivity index (χ1v) is 8.45. The van der Waals surface area contributed by atoms with Crippen LogP contribution in [-0.4, -0.2) is 40.5 Å². The number of hydrogen-bond donors (Lipinski definition) is 4. The molecule has 2 atom stereocenters. The molecule has 1 aromatic rings. The molecule has 1 aromatic carbocycles. The molecule has 1 rings (SSSR count). The van der Waals surface area contributed by atoms with Crippen molar-refractivity contribution in [3.05, 3.63) is 35.9 Å². The molecule has 0 saturated heterocycles. The van der Waals surface area contributed by atoms with E-state index in [0.29, 0.717) is 13.0 Å². The van der Waals surface area contributed by atoms with Crippen LogP contribution in [-0.2, 0) is 6.42 Å². The van der Waals surface area contributed by atoms with Crippen LogP contribution in [0.15, 0.2) is 30.3 Å². The van der Waals surface area contributed by atoms with Crippen molar-refractivity contribution >= 4 is 6.09 Å². The molecule has 24 heavy (non-hydrogen) atoms. The van der Waals surface area contributed by atoms with E-state index in [9.17, 15) is 9.90 Å². The maximum Gasteiger partial charge on any atom is 0.404 e. The lowest BCUT2D eigenvalue weighted by molar-refractivity contribution is 0.105. The smallest absolute Gasteiger partial charge is 0.404 e. The van der Waals surface area contributed by atoms with Crippen molar-refractivity contribution in [2.45, 2.75) is 65.1 Å². The molecule has 0 bridgehead atoms. The summed E-state index contributed by atoms with van der Waals surface area (Å²) in [7, 11) is 0. The second-order valence-corrected chi connectivity index (χ2v) is 8.32. The van der Waals surface area contributed by atoms with E-state index in [-0.39, 0.29) is 11.0 Å². The Hall–Kier alpha value is -1.59. The van der Waals surface area contributed by atoms with Crippen molar-refractivity contribution in [1.82, 2.24) is 10.6 Å². The molecule has 0 aromatic heterocycles. The summed E-state index contributed by atoms with van der Waals surface area (Å²) in [6.45, 7) is 11.1. The van der Waals surface area contributed by atoms with Gasteiger partial charge in [-0.2, -0.15) is 0 Å². The minimum Gasteiger partial charge on any atom is -0.465 e. The zero-order valence-corrected chi connectivity index (χ0v) is 15.5. The molecule has 0 spiro atoms. The summed E-state index contributed by atoms with van der Waals surface area (Å²) >= 11 is 0. The monoisotopic (exact) mass is 336 g/mol. The van der Waals surface area contributed by atoms with Crippen molar-refractivity contribution in [3.63, 3.8) is 0 Å². The van der Waals surface area contributed by atoms with Crippen LogP contribution in [0.2, 0.25) is 0 Å². The molecule has 136 valence electrons. The molecule has 0 unspecified atom stereocenters. The molecule has 1 amide bonds. The normalized spacial score (nSPS) is 14.9. The average Bonchev–Trinajstić information content (AvgIpc) is 2.42. The fraction of sp³-hybridized carbons (Fsp3) is 0.632. The number of carboxylic acid groups (broad SMARTS) is 1. The Kier molecular flexibility index (Phi) is 7.24. The van der Waals surface area contributed by atoms with Gasteiger partial charge in [-0.1, -0.05) is 51.1 Å². The predicted molar refractivity (Wildman–Crippen MR) is 97.3 cm³/mol. The van der Waals surface area contributed by atoms with Crippen LogP contribution in [0.5, 0.6) is 0 Å². The number of carbonyl (C=O) groups is 1. The van der Waals surface area contributed by atoms with Gasteiger partial charge in [0.25, 0.3) is 0 Å². The highest BCUT2D eigenvalue weighted by Gasteiger charge is 2.28. The summed E-state index contributed by atoms with van der Waals surface area (Å²) in [5, 5.41) is 25.4. The van der Waals surface area contributed by atoms with Crippen LogP contribution in [0.25, 0.3) is 0 Å². The average molecular weight is 336 g/mol. The SMILES string of the molecule is CC(C)(C)CC(C)(C)NC[C@@H](O)[C@H](Cc1ccccc1)NC(=O)O. The molecule has 0 aliphatic heterocycles. The highest BCUT2D eigenvalue weighted by atomic mass is 16.4. The number of β-amino-alcohol motifs (C(OH)–C–C–N with tert-alkyl or cyclic N) is 1. The summed E-state index contributed by atoms with van der Waals surface area (Å²) in [5.74, 6) is 0. The Morgan fingerprint density at radius 3 is 2.21 bits per heavy atom. The Balaban J connectivity index is 2.67. The summed E-state index contributed by atoms with van der Waals surface area (Å²) in [4.78, 5) is 11.1. The highest BCUT2D eigenvalue weighted by Crippen LogP contribution is 2.26. The van der Waals surface area contributed by atoms with E-state index in [1.807, 2.05) is 30.3 Å². The van der Waals surface area contributed by atoms with Gasteiger partial charge in [0.15, 0.2) is 0 Å². The van der Waals surface area contributed by atoms with Crippen LogP contribution in [0.1, 0.15) is 46.6 Å². The zero-order valence-electron chi connectivity index (χ0n) is 15.5. The topological polar surface area (TPSA) is 81.6 Å². The Bertz CT molecular complexity index is 509. The van der Waals surface area contributed by atoms with E-state index in [1.54, 1.807) is 0 Å². The Morgan fingerprint density at radius 1 is 1.12 bits per heavy atom. The maximum absolute atomic E-state index is 11.1. The first kappa shape index (κ1) is 20.5. The lowest BCUT2D eigenvalue weighted by atomic mass is 9.81. The second kappa shape index (κ2) is 8.49. The molecule has 4 N–H and O–H groups in total. The minimum atomic E-state index is -1.12. The van der Waals surface area contributed by atoms with Gasteiger partial charge in [-0.15, -0.1) is 0 Å². The van der Waals surface area contributed by atoms with E-state index in [0.717, 1.165) is 12.0 Å². The van der Waals surface area contributed by atoms with Crippen molar-refractivity contribution < 1.29 is 15.0 Å². The third-order valence-corrected chi connectivity index (χ3v) is 3.83. The molecule has 0 aliphatic carbocycles. The summed E-state index contributed by atoms with van der Waals surface area (Å²) in [6, 6.07) is 9.04. The van der Waals surface area contributed by atoms with Gasteiger partial charge in [0.2, 0.25) is 0 Å². The summed E-state index contributed by atoms with van der Waals surface area (Å²) in [5.41, 5.74) is 1.02. The quantitative estimate of drug-likeness (QED) is 0.588. The van der Waals surface area contributed by atoms with Crippen molar-refractivity contribution in [2.24, 2.45) is 5.41 Å². The number of benzene rings is 1. The fourth-order valence-electron chi connectivity index (χ4n) is 3.22. The van der Waals surface area contributed by atoms with Crippen LogP contribution >= 0.6 is 0 Å². The Labute approximate surface area is 145 Å². The van der Waals surface area contributed by atoms with Crippen LogP contribution < -0.4 is 10.6 Å². The summed E-state index contributed by atoms with van der Waals surface area (Å²) < 4.78 is 0. The van der Waals surface area contributed by atoms with Gasteiger partial charge in [0.05, 0.1) is 12.1 Å². The fourth-order valence-corrected chi connectivity index (χ4v) is 3.22. The lowest BCUT2D eigenvalue weighted by Crippen LogP contribution is -2.52. The third-order valence-electron chi connectivity index (χ3n) is 3.83. The lowest BCUT2D eigenvalue weighted by Gasteiger charge is -2.35. The van der Waals surface area contributed by atoms with Gasteiger partial charge in [0.1, 0.15) is 0 Å². The van der Waals surface area contributed by atoms with E-state index >= 15 is 0 Å². The Morgan fingerprint density at radius 2 is 1.71 bits per heavy atom. The molecule has 0 saturated carbocycles. The number of hydrogen-bond acceptors (Lipinski definition) is 3. The number of rotatable bonds is 8. The molecule has 0 fully saturated rings. The van der Waals surface area contributed by atoms with Gasteiger partial charge < -0.3 is 20.8 Å². The molecule has 0 aliphatic rings. The van der Waals surface area contributed by atoms with Gasteiger partial charge in [-0.25, -0.2) is 4.79 Å². The minimum absolute atomic E-state index is 0.139. The first-order valence-electron chi connectivity index (χ1n) is 8.45. The van der Waals surface area contributed by atoms with Crippen molar-refractivity contribution in [2.75, 3.05) is 6.54 Å². The van der Waals surface area contributed by atoms with Crippen LogP contribution in [0, 0.1) is 5.41 Å². The number of amides is 1. The largest absolute Gasteiger partial charge is 0.465 e. The molecule has 0 radical (unpaired) electrons. The van der Waals surface area contributed by atoms with Gasteiger partial charge >= 0.3 is 6.09 Å². The maximum atomic E-state index is 11.1. The van der Waals surface area contributed by atoms with E-state index in [2.05, 4.69) is 45.3 Å². The molecule has 5 nitrogen and oxygen atoms in total. The standard InChI is InChI=1S/C19H32N2O3/c1-18(2,3)13-19(4,5)20-12-16(22)15(21-17(23)24)11-14-9-7-6-8-10-14/h6-10,15-16,20-22H,11-13H2,1-5H3,(H,23,24)/t15-,16+/m0/s1. The van der Waals surface area contributed by atoms with E-state index in [4.69, 9.17) is 5.11 Å². The molecule has 5 heteroatoms. The molecular formula is C19H32N2O3. The van der Waals surface area contributed by atoms with Gasteiger partial charge in [-0.05, 0) is 37.7 Å². The number of aliphatic hydroxyl groups is 1. The third kappa shape index (κ3) is 8.31. The van der Waals surface area contributed by atoms with Crippen molar-refractivity contribution in [1.29, 1.82) is 0 Å². The first-order chi connectivity index (χ1) is 11.0. The number of nitrogens with one attached hydrogen (secondary N) is 2. The second-order valence-electron chi connectivity index (χ2n) is 8.32. The van der Waals surface area contributed by atoms with E-state index in [1.165, 1.54) is 0 Å².